The van der Waals surface area contributed by atoms with Crippen molar-refractivity contribution in [2.24, 2.45) is 17.3 Å². The molecule has 2 rings (SSSR count). The Bertz CT molecular complexity index is 323. The van der Waals surface area contributed by atoms with Gasteiger partial charge in [-0.05, 0) is 43.9 Å². The molecule has 2 aliphatic carbocycles. The van der Waals surface area contributed by atoms with Gasteiger partial charge in [0.15, 0.2) is 0 Å². The van der Waals surface area contributed by atoms with Crippen LogP contribution < -0.4 is 0 Å². The van der Waals surface area contributed by atoms with Crippen LogP contribution in [0.25, 0.3) is 0 Å². The van der Waals surface area contributed by atoms with Crippen LogP contribution in [0.1, 0.15) is 72.1 Å². The molecule has 18 heavy (non-hydrogen) atoms. The van der Waals surface area contributed by atoms with Crippen LogP contribution in [0.15, 0.2) is 23.8 Å². The van der Waals surface area contributed by atoms with Crippen molar-refractivity contribution in [1.29, 1.82) is 0 Å². The topological polar surface area (TPSA) is 0 Å². The summed E-state index contributed by atoms with van der Waals surface area (Å²) in [5.41, 5.74) is 2.36. The maximum absolute atomic E-state index is 2.54. The van der Waals surface area contributed by atoms with Crippen LogP contribution in [-0.4, -0.2) is 0 Å². The highest BCUT2D eigenvalue weighted by atomic mass is 14.5. The Labute approximate surface area is 114 Å². The van der Waals surface area contributed by atoms with E-state index in [1.807, 2.05) is 0 Å². The maximum atomic E-state index is 2.54. The van der Waals surface area contributed by atoms with Gasteiger partial charge in [0.25, 0.3) is 0 Å². The third-order valence-electron chi connectivity index (χ3n) is 5.31. The van der Waals surface area contributed by atoms with Gasteiger partial charge in [-0.3, -0.25) is 0 Å². The minimum atomic E-state index is 0.581. The molecule has 0 N–H and O–H groups in total. The van der Waals surface area contributed by atoms with Gasteiger partial charge in [0.2, 0.25) is 0 Å². The van der Waals surface area contributed by atoms with Crippen molar-refractivity contribution in [1.82, 2.24) is 0 Å². The van der Waals surface area contributed by atoms with Crippen molar-refractivity contribution in [2.75, 3.05) is 0 Å². The first kappa shape index (κ1) is 13.9. The molecule has 1 fully saturated rings. The third-order valence-corrected chi connectivity index (χ3v) is 5.31. The minimum absolute atomic E-state index is 0.581. The van der Waals surface area contributed by atoms with Gasteiger partial charge in [-0.2, -0.15) is 0 Å². The van der Waals surface area contributed by atoms with Crippen LogP contribution in [0, 0.1) is 17.3 Å². The zero-order chi connectivity index (χ0) is 13.0. The molecule has 0 saturated heterocycles. The molecule has 0 amide bonds. The Morgan fingerprint density at radius 2 is 2.11 bits per heavy atom. The third kappa shape index (κ3) is 2.90. The number of hydrogen-bond acceptors (Lipinski definition) is 0. The fraction of sp³-hybridized carbons (Fsp3) is 0.778. The zero-order valence-corrected chi connectivity index (χ0v) is 12.5. The Morgan fingerprint density at radius 1 is 1.28 bits per heavy atom. The summed E-state index contributed by atoms with van der Waals surface area (Å²) in [6, 6.07) is 0. The standard InChI is InChI=1S/C18H30/c1-4-9-16(5-2)12-13-18-14-17(18)11-8-6-7-10-15(18)3/h7,10-11,15-16H,4-6,8-9,12-14H2,1-3H3. The van der Waals surface area contributed by atoms with Crippen LogP contribution >= 0.6 is 0 Å². The van der Waals surface area contributed by atoms with Crippen molar-refractivity contribution in [2.45, 2.75) is 72.1 Å². The van der Waals surface area contributed by atoms with E-state index >= 15 is 0 Å². The SMILES string of the molecule is CCCC(CC)CCC12CC1=CCCC=CC2C. The van der Waals surface area contributed by atoms with E-state index in [9.17, 15) is 0 Å². The fourth-order valence-corrected chi connectivity index (χ4v) is 3.76. The van der Waals surface area contributed by atoms with E-state index in [0.29, 0.717) is 5.41 Å². The van der Waals surface area contributed by atoms with Crippen LogP contribution in [-0.2, 0) is 0 Å². The highest BCUT2D eigenvalue weighted by Gasteiger charge is 2.51. The lowest BCUT2D eigenvalue weighted by Crippen LogP contribution is -2.14. The van der Waals surface area contributed by atoms with Gasteiger partial charge in [-0.1, -0.05) is 63.8 Å². The van der Waals surface area contributed by atoms with Crippen molar-refractivity contribution in [3.05, 3.63) is 23.8 Å². The molecule has 0 aromatic carbocycles. The second kappa shape index (κ2) is 6.08. The normalized spacial score (nSPS) is 32.2. The predicted octanol–water partition coefficient (Wildman–Crippen LogP) is 5.90. The first-order chi connectivity index (χ1) is 8.73. The summed E-state index contributed by atoms with van der Waals surface area (Å²) >= 11 is 0. The van der Waals surface area contributed by atoms with Crippen molar-refractivity contribution in [3.8, 4) is 0 Å². The average molecular weight is 246 g/mol. The quantitative estimate of drug-likeness (QED) is 0.512. The first-order valence-corrected chi connectivity index (χ1v) is 8.09. The Balaban J connectivity index is 1.95. The fourth-order valence-electron chi connectivity index (χ4n) is 3.76. The maximum Gasteiger partial charge on any atom is 0.000968 e. The van der Waals surface area contributed by atoms with E-state index in [0.717, 1.165) is 11.8 Å². The van der Waals surface area contributed by atoms with Crippen LogP contribution in [0.5, 0.6) is 0 Å². The Kier molecular flexibility index (Phi) is 4.70. The second-order valence-electron chi connectivity index (χ2n) is 6.46. The molecule has 3 unspecified atom stereocenters. The van der Waals surface area contributed by atoms with Crippen LogP contribution in [0.4, 0.5) is 0 Å². The monoisotopic (exact) mass is 246 g/mol. The van der Waals surface area contributed by atoms with E-state index in [1.165, 1.54) is 51.4 Å². The Morgan fingerprint density at radius 3 is 2.83 bits per heavy atom. The average Bonchev–Trinajstić information content (AvgIpc) is 3.06. The Hall–Kier alpha value is -0.520. The lowest BCUT2D eigenvalue weighted by molar-refractivity contribution is 0.318. The van der Waals surface area contributed by atoms with Gasteiger partial charge in [0.1, 0.15) is 0 Å². The number of hydrogen-bond donors (Lipinski definition) is 0. The second-order valence-corrected chi connectivity index (χ2v) is 6.46. The number of allylic oxidation sites excluding steroid dienone is 4. The molecule has 0 heteroatoms. The van der Waals surface area contributed by atoms with Crippen molar-refractivity contribution in [3.63, 3.8) is 0 Å². The molecular formula is C18H30. The molecule has 0 spiro atoms. The first-order valence-electron chi connectivity index (χ1n) is 8.09. The van der Waals surface area contributed by atoms with Gasteiger partial charge in [0.05, 0.1) is 0 Å². The summed E-state index contributed by atoms with van der Waals surface area (Å²) in [6.45, 7) is 7.12. The summed E-state index contributed by atoms with van der Waals surface area (Å²) in [5, 5.41) is 0. The lowest BCUT2D eigenvalue weighted by Gasteiger charge is -2.24. The van der Waals surface area contributed by atoms with Crippen LogP contribution in [0.3, 0.4) is 0 Å². The van der Waals surface area contributed by atoms with E-state index in [4.69, 9.17) is 0 Å². The van der Waals surface area contributed by atoms with Gasteiger partial charge < -0.3 is 0 Å². The summed E-state index contributed by atoms with van der Waals surface area (Å²) in [4.78, 5) is 0. The molecule has 0 heterocycles. The van der Waals surface area contributed by atoms with Crippen LogP contribution in [0.2, 0.25) is 0 Å². The largest absolute Gasteiger partial charge is 0.0879 e. The van der Waals surface area contributed by atoms with E-state index in [2.05, 4.69) is 39.0 Å². The van der Waals surface area contributed by atoms with E-state index in [1.54, 1.807) is 5.57 Å². The smallest absolute Gasteiger partial charge is 0.000968 e. The summed E-state index contributed by atoms with van der Waals surface area (Å²) in [7, 11) is 0. The zero-order valence-electron chi connectivity index (χ0n) is 12.5. The van der Waals surface area contributed by atoms with Crippen molar-refractivity contribution >= 4 is 0 Å². The molecule has 3 atom stereocenters. The number of rotatable bonds is 6. The van der Waals surface area contributed by atoms with Gasteiger partial charge >= 0.3 is 0 Å². The molecule has 1 saturated carbocycles. The molecule has 0 aromatic rings. The van der Waals surface area contributed by atoms with Crippen molar-refractivity contribution < 1.29 is 0 Å². The van der Waals surface area contributed by atoms with Gasteiger partial charge in [0, 0.05) is 5.41 Å². The summed E-state index contributed by atoms with van der Waals surface area (Å²) < 4.78 is 0. The molecule has 102 valence electrons. The molecule has 2 aliphatic rings. The molecule has 0 nitrogen and oxygen atoms in total. The molecule has 0 aliphatic heterocycles. The molecular weight excluding hydrogens is 216 g/mol. The highest BCUT2D eigenvalue weighted by Crippen LogP contribution is 2.62. The number of fused-ring (bicyclic) bond motifs is 1. The predicted molar refractivity (Wildman–Crippen MR) is 80.6 cm³/mol. The highest BCUT2D eigenvalue weighted by molar-refractivity contribution is 5.36. The summed E-state index contributed by atoms with van der Waals surface area (Å²) in [5.74, 6) is 1.73. The molecule has 0 radical (unpaired) electrons. The van der Waals surface area contributed by atoms with E-state index < -0.39 is 0 Å². The lowest BCUT2D eigenvalue weighted by atomic mass is 9.80. The van der Waals surface area contributed by atoms with Gasteiger partial charge in [-0.15, -0.1) is 0 Å². The minimum Gasteiger partial charge on any atom is -0.0879 e. The van der Waals surface area contributed by atoms with Gasteiger partial charge in [-0.25, -0.2) is 0 Å². The summed E-state index contributed by atoms with van der Waals surface area (Å²) in [6.07, 6.45) is 18.4. The van der Waals surface area contributed by atoms with E-state index in [-0.39, 0.29) is 0 Å². The molecule has 0 aromatic heterocycles. The molecule has 0 bridgehead atoms.